The largest absolute Gasteiger partial charge is 0.493 e. The van der Waals surface area contributed by atoms with E-state index in [9.17, 15) is 0 Å². The zero-order valence-electron chi connectivity index (χ0n) is 16.3. The normalized spacial score (nSPS) is 15.8. The van der Waals surface area contributed by atoms with Crippen LogP contribution in [0.25, 0.3) is 11.5 Å². The van der Waals surface area contributed by atoms with Gasteiger partial charge in [0.05, 0.1) is 18.3 Å². The summed E-state index contributed by atoms with van der Waals surface area (Å²) in [6.45, 7) is 3.27. The number of rotatable bonds is 5. The molecule has 6 nitrogen and oxygen atoms in total. The first-order chi connectivity index (χ1) is 13.7. The highest BCUT2D eigenvalue weighted by Gasteiger charge is 2.21. The van der Waals surface area contributed by atoms with Crippen molar-refractivity contribution in [2.75, 3.05) is 13.2 Å². The van der Waals surface area contributed by atoms with Gasteiger partial charge in [0, 0.05) is 30.5 Å². The molecule has 0 bridgehead atoms. The molecule has 1 unspecified atom stereocenters. The van der Waals surface area contributed by atoms with Crippen LogP contribution in [0.4, 0.5) is 0 Å². The Labute approximate surface area is 187 Å². The fourth-order valence-electron chi connectivity index (χ4n) is 3.26. The number of aliphatic imine (C=N–C) groups is 1. The molecule has 2 aromatic carbocycles. The van der Waals surface area contributed by atoms with Gasteiger partial charge in [-0.2, -0.15) is 0 Å². The number of oxazole rings is 1. The van der Waals surface area contributed by atoms with Crippen LogP contribution in [0.5, 0.6) is 5.75 Å². The van der Waals surface area contributed by atoms with E-state index in [1.807, 2.05) is 42.5 Å². The van der Waals surface area contributed by atoms with Gasteiger partial charge in [-0.25, -0.2) is 4.98 Å². The SMILES string of the molecule is Cc1ccc(-c2nc(CCN=C(N)NC3CCOc4ccccc43)co2)cc1.I. The molecule has 2 heterocycles. The minimum Gasteiger partial charge on any atom is -0.493 e. The monoisotopic (exact) mass is 504 g/mol. The van der Waals surface area contributed by atoms with Gasteiger partial charge in [-0.15, -0.1) is 24.0 Å². The number of ether oxygens (including phenoxy) is 1. The Morgan fingerprint density at radius 1 is 1.21 bits per heavy atom. The van der Waals surface area contributed by atoms with Crippen molar-refractivity contribution in [2.45, 2.75) is 25.8 Å². The first kappa shape index (κ1) is 21.2. The number of hydrogen-bond donors (Lipinski definition) is 2. The summed E-state index contributed by atoms with van der Waals surface area (Å²) in [5, 5.41) is 3.30. The maximum absolute atomic E-state index is 6.09. The quantitative estimate of drug-likeness (QED) is 0.309. The average Bonchev–Trinajstić information content (AvgIpc) is 3.18. The number of halogens is 1. The topological polar surface area (TPSA) is 85.7 Å². The summed E-state index contributed by atoms with van der Waals surface area (Å²) in [7, 11) is 0. The lowest BCUT2D eigenvalue weighted by Gasteiger charge is -2.26. The Morgan fingerprint density at radius 2 is 2.00 bits per heavy atom. The summed E-state index contributed by atoms with van der Waals surface area (Å²) in [6.07, 6.45) is 3.21. The second-order valence-electron chi connectivity index (χ2n) is 6.90. The van der Waals surface area contributed by atoms with E-state index in [1.54, 1.807) is 6.26 Å². The lowest BCUT2D eigenvalue weighted by molar-refractivity contribution is 0.262. The number of aryl methyl sites for hydroxylation is 1. The lowest BCUT2D eigenvalue weighted by atomic mass is 10.0. The van der Waals surface area contributed by atoms with Crippen LogP contribution >= 0.6 is 24.0 Å². The number of fused-ring (bicyclic) bond motifs is 1. The molecular weight excluding hydrogens is 479 g/mol. The molecule has 0 aliphatic carbocycles. The van der Waals surface area contributed by atoms with Crippen LogP contribution in [0.3, 0.4) is 0 Å². The predicted molar refractivity (Wildman–Crippen MR) is 125 cm³/mol. The van der Waals surface area contributed by atoms with E-state index in [4.69, 9.17) is 14.9 Å². The first-order valence-corrected chi connectivity index (χ1v) is 9.48. The maximum atomic E-state index is 6.09. The van der Waals surface area contributed by atoms with Gasteiger partial charge in [0.1, 0.15) is 12.0 Å². The summed E-state index contributed by atoms with van der Waals surface area (Å²) in [6, 6.07) is 16.2. The molecule has 0 fully saturated rings. The zero-order chi connectivity index (χ0) is 19.3. The Bertz CT molecular complexity index is 969. The minimum absolute atomic E-state index is 0. The smallest absolute Gasteiger partial charge is 0.226 e. The molecule has 0 amide bonds. The molecule has 1 aliphatic heterocycles. The summed E-state index contributed by atoms with van der Waals surface area (Å²) >= 11 is 0. The van der Waals surface area contributed by atoms with Crippen molar-refractivity contribution in [1.29, 1.82) is 0 Å². The first-order valence-electron chi connectivity index (χ1n) is 9.48. The van der Waals surface area contributed by atoms with Gasteiger partial charge in [0.2, 0.25) is 5.89 Å². The summed E-state index contributed by atoms with van der Waals surface area (Å²) < 4.78 is 11.3. The highest BCUT2D eigenvalue weighted by Crippen LogP contribution is 2.31. The molecule has 3 N–H and O–H groups in total. The standard InChI is InChI=1S/C22H24N4O2.HI/c1-15-6-8-16(9-7-15)21-25-17(14-28-21)10-12-24-22(23)26-19-11-13-27-20-5-3-2-4-18(19)20;/h2-9,14,19H,10-13H2,1H3,(H3,23,24,26);1H. The second kappa shape index (κ2) is 9.78. The Balaban J connectivity index is 0.00000240. The van der Waals surface area contributed by atoms with Gasteiger partial charge in [-0.1, -0.05) is 35.9 Å². The van der Waals surface area contributed by atoms with Crippen LogP contribution < -0.4 is 15.8 Å². The van der Waals surface area contributed by atoms with Crippen LogP contribution in [0.2, 0.25) is 0 Å². The molecule has 29 heavy (non-hydrogen) atoms. The van der Waals surface area contributed by atoms with E-state index >= 15 is 0 Å². The van der Waals surface area contributed by atoms with E-state index in [-0.39, 0.29) is 30.0 Å². The maximum Gasteiger partial charge on any atom is 0.226 e. The van der Waals surface area contributed by atoms with E-state index in [0.717, 1.165) is 29.0 Å². The molecular formula is C22H25IN4O2. The molecule has 4 rings (SSSR count). The average molecular weight is 504 g/mol. The molecule has 1 atom stereocenters. The van der Waals surface area contributed by atoms with Crippen LogP contribution in [0, 0.1) is 6.92 Å². The molecule has 0 spiro atoms. The molecule has 0 saturated carbocycles. The second-order valence-corrected chi connectivity index (χ2v) is 6.90. The molecule has 7 heteroatoms. The third-order valence-corrected chi connectivity index (χ3v) is 4.78. The van der Waals surface area contributed by atoms with Crippen molar-refractivity contribution in [1.82, 2.24) is 10.3 Å². The van der Waals surface area contributed by atoms with Crippen molar-refractivity contribution < 1.29 is 9.15 Å². The van der Waals surface area contributed by atoms with Crippen LogP contribution in [0.1, 0.15) is 29.3 Å². The predicted octanol–water partition coefficient (Wildman–Crippen LogP) is 4.24. The van der Waals surface area contributed by atoms with Gasteiger partial charge in [0.15, 0.2) is 5.96 Å². The molecule has 152 valence electrons. The van der Waals surface area contributed by atoms with Gasteiger partial charge >= 0.3 is 0 Å². The highest BCUT2D eigenvalue weighted by molar-refractivity contribution is 14.0. The van der Waals surface area contributed by atoms with Crippen LogP contribution in [-0.4, -0.2) is 24.1 Å². The Hall–Kier alpha value is -2.55. The number of para-hydroxylation sites is 1. The fraction of sp³-hybridized carbons (Fsp3) is 0.273. The number of aromatic nitrogens is 1. The Kier molecular flexibility index (Phi) is 7.13. The van der Waals surface area contributed by atoms with Crippen molar-refractivity contribution in [3.8, 4) is 17.2 Å². The number of nitrogens with zero attached hydrogens (tertiary/aromatic N) is 2. The van der Waals surface area contributed by atoms with Gasteiger partial charge in [-0.3, -0.25) is 4.99 Å². The van der Waals surface area contributed by atoms with Crippen LogP contribution in [-0.2, 0) is 6.42 Å². The summed E-state index contributed by atoms with van der Waals surface area (Å²) in [5.74, 6) is 1.97. The molecule has 0 saturated heterocycles. The molecule has 1 aromatic heterocycles. The van der Waals surface area contributed by atoms with E-state index in [2.05, 4.69) is 28.3 Å². The lowest BCUT2D eigenvalue weighted by Crippen LogP contribution is -2.37. The number of benzene rings is 2. The van der Waals surface area contributed by atoms with E-state index in [1.165, 1.54) is 5.56 Å². The molecule has 3 aromatic rings. The van der Waals surface area contributed by atoms with Crippen molar-refractivity contribution in [2.24, 2.45) is 10.7 Å². The van der Waals surface area contributed by atoms with Gasteiger partial charge in [0.25, 0.3) is 0 Å². The van der Waals surface area contributed by atoms with Crippen molar-refractivity contribution >= 4 is 29.9 Å². The number of hydrogen-bond acceptors (Lipinski definition) is 4. The van der Waals surface area contributed by atoms with E-state index in [0.29, 0.717) is 31.4 Å². The zero-order valence-corrected chi connectivity index (χ0v) is 18.6. The fourth-order valence-corrected chi connectivity index (χ4v) is 3.26. The van der Waals surface area contributed by atoms with Crippen LogP contribution in [0.15, 0.2) is 64.2 Å². The summed E-state index contributed by atoms with van der Waals surface area (Å²) in [4.78, 5) is 8.98. The third-order valence-electron chi connectivity index (χ3n) is 4.78. The van der Waals surface area contributed by atoms with Crippen molar-refractivity contribution in [3.05, 3.63) is 71.6 Å². The number of nitrogens with two attached hydrogens (primary N) is 1. The molecule has 0 radical (unpaired) electrons. The third kappa shape index (κ3) is 5.29. The van der Waals surface area contributed by atoms with Crippen molar-refractivity contribution in [3.63, 3.8) is 0 Å². The highest BCUT2D eigenvalue weighted by atomic mass is 127. The Morgan fingerprint density at radius 3 is 2.83 bits per heavy atom. The number of nitrogens with one attached hydrogen (secondary N) is 1. The van der Waals surface area contributed by atoms with E-state index < -0.39 is 0 Å². The van der Waals surface area contributed by atoms with Gasteiger partial charge < -0.3 is 20.2 Å². The number of guanidine groups is 1. The minimum atomic E-state index is 0. The van der Waals surface area contributed by atoms with Gasteiger partial charge in [-0.05, 0) is 25.1 Å². The summed E-state index contributed by atoms with van der Waals surface area (Å²) in [5.41, 5.74) is 10.3. The molecule has 1 aliphatic rings.